The summed E-state index contributed by atoms with van der Waals surface area (Å²) in [5, 5.41) is 3.35. The quantitative estimate of drug-likeness (QED) is 0.848. The van der Waals surface area contributed by atoms with E-state index in [4.69, 9.17) is 0 Å². The summed E-state index contributed by atoms with van der Waals surface area (Å²) in [6.45, 7) is 1.07. The van der Waals surface area contributed by atoms with Crippen molar-refractivity contribution in [1.29, 1.82) is 0 Å². The molecule has 1 N–H and O–H groups in total. The van der Waals surface area contributed by atoms with E-state index >= 15 is 0 Å². The van der Waals surface area contributed by atoms with Crippen LogP contribution >= 0.6 is 0 Å². The highest BCUT2D eigenvalue weighted by Gasteiger charge is 2.20. The summed E-state index contributed by atoms with van der Waals surface area (Å²) < 4.78 is 2.20. The fourth-order valence-electron chi connectivity index (χ4n) is 1.99. The highest BCUT2D eigenvalue weighted by atomic mass is 15.2. The normalized spacial score (nSPS) is 14.8. The number of aryl methyl sites for hydroxylation is 1. The number of para-hydroxylation sites is 1. The number of hydrogen-bond donors (Lipinski definition) is 1. The molecule has 0 spiro atoms. The summed E-state index contributed by atoms with van der Waals surface area (Å²) in [6.07, 6.45) is 8.01. The first-order valence-electron chi connectivity index (χ1n) is 6.25. The average molecular weight is 227 g/mol. The molecule has 0 atom stereocenters. The molecule has 1 saturated carbocycles. The molecular formula is C14H17N3. The first kappa shape index (κ1) is 10.4. The summed E-state index contributed by atoms with van der Waals surface area (Å²) >= 11 is 0. The lowest BCUT2D eigenvalue weighted by Crippen LogP contribution is -2.03. The van der Waals surface area contributed by atoms with Gasteiger partial charge >= 0.3 is 0 Å². The zero-order valence-corrected chi connectivity index (χ0v) is 9.84. The van der Waals surface area contributed by atoms with Crippen molar-refractivity contribution < 1.29 is 0 Å². The molecule has 17 heavy (non-hydrogen) atoms. The molecule has 2 aromatic rings. The molecule has 88 valence electrons. The standard InChI is InChI=1S/C14H17N3/c1-2-4-13(5-3-1)16-14-15-9-11-17(14)10-8-12-6-7-12/h1-5,9,11-12H,6-8,10H2,(H,15,16). The summed E-state index contributed by atoms with van der Waals surface area (Å²) in [7, 11) is 0. The first-order chi connectivity index (χ1) is 8.42. The fraction of sp³-hybridized carbons (Fsp3) is 0.357. The molecule has 0 radical (unpaired) electrons. The van der Waals surface area contributed by atoms with Crippen LogP contribution < -0.4 is 5.32 Å². The Balaban J connectivity index is 1.67. The summed E-state index contributed by atoms with van der Waals surface area (Å²) in [5.41, 5.74) is 1.09. The van der Waals surface area contributed by atoms with Gasteiger partial charge in [-0.25, -0.2) is 4.98 Å². The Morgan fingerprint density at radius 3 is 2.82 bits per heavy atom. The predicted molar refractivity (Wildman–Crippen MR) is 69.3 cm³/mol. The molecule has 0 amide bonds. The lowest BCUT2D eigenvalue weighted by Gasteiger charge is -2.09. The monoisotopic (exact) mass is 227 g/mol. The maximum absolute atomic E-state index is 4.36. The molecule has 3 nitrogen and oxygen atoms in total. The second-order valence-electron chi connectivity index (χ2n) is 4.67. The molecule has 3 heteroatoms. The van der Waals surface area contributed by atoms with Crippen molar-refractivity contribution >= 4 is 11.6 Å². The van der Waals surface area contributed by atoms with Gasteiger partial charge in [0.2, 0.25) is 5.95 Å². The molecule has 1 aromatic carbocycles. The van der Waals surface area contributed by atoms with Crippen molar-refractivity contribution in [3.63, 3.8) is 0 Å². The minimum atomic E-state index is 0.942. The van der Waals surface area contributed by atoms with Crippen molar-refractivity contribution in [2.45, 2.75) is 25.8 Å². The number of imidazole rings is 1. The number of benzene rings is 1. The van der Waals surface area contributed by atoms with Crippen molar-refractivity contribution in [3.05, 3.63) is 42.7 Å². The second kappa shape index (κ2) is 4.62. The summed E-state index contributed by atoms with van der Waals surface area (Å²) in [4.78, 5) is 4.36. The third-order valence-corrected chi connectivity index (χ3v) is 3.22. The van der Waals surface area contributed by atoms with Crippen LogP contribution in [0, 0.1) is 5.92 Å². The molecule has 3 rings (SSSR count). The first-order valence-corrected chi connectivity index (χ1v) is 6.25. The van der Waals surface area contributed by atoms with E-state index in [1.54, 1.807) is 0 Å². The van der Waals surface area contributed by atoms with Crippen LogP contribution in [0.3, 0.4) is 0 Å². The van der Waals surface area contributed by atoms with Crippen molar-refractivity contribution in [2.75, 3.05) is 5.32 Å². The van der Waals surface area contributed by atoms with Crippen LogP contribution in [0.1, 0.15) is 19.3 Å². The molecule has 1 fully saturated rings. The van der Waals surface area contributed by atoms with Gasteiger partial charge in [0.1, 0.15) is 0 Å². The molecular weight excluding hydrogens is 210 g/mol. The van der Waals surface area contributed by atoms with Gasteiger partial charge in [-0.15, -0.1) is 0 Å². The zero-order chi connectivity index (χ0) is 11.5. The largest absolute Gasteiger partial charge is 0.326 e. The Labute approximate surface area is 101 Å². The van der Waals surface area contributed by atoms with Crippen LogP contribution in [0.2, 0.25) is 0 Å². The molecule has 0 unspecified atom stereocenters. The number of nitrogens with one attached hydrogen (secondary N) is 1. The number of nitrogens with zero attached hydrogens (tertiary/aromatic N) is 2. The lowest BCUT2D eigenvalue weighted by atomic mass is 10.3. The van der Waals surface area contributed by atoms with Gasteiger partial charge in [-0.05, 0) is 24.5 Å². The molecule has 1 heterocycles. The van der Waals surface area contributed by atoms with Crippen molar-refractivity contribution in [1.82, 2.24) is 9.55 Å². The van der Waals surface area contributed by atoms with Crippen LogP contribution in [-0.2, 0) is 6.54 Å². The van der Waals surface area contributed by atoms with E-state index in [1.807, 2.05) is 30.6 Å². The maximum atomic E-state index is 4.36. The van der Waals surface area contributed by atoms with Gasteiger partial charge in [0.05, 0.1) is 0 Å². The van der Waals surface area contributed by atoms with Gasteiger partial charge in [-0.2, -0.15) is 0 Å². The van der Waals surface area contributed by atoms with Gasteiger partial charge in [0, 0.05) is 24.6 Å². The molecule has 1 aliphatic carbocycles. The van der Waals surface area contributed by atoms with Crippen LogP contribution in [0.4, 0.5) is 11.6 Å². The number of rotatable bonds is 5. The van der Waals surface area contributed by atoms with Crippen LogP contribution in [0.5, 0.6) is 0 Å². The van der Waals surface area contributed by atoms with E-state index in [9.17, 15) is 0 Å². The Bertz CT molecular complexity index is 471. The third-order valence-electron chi connectivity index (χ3n) is 3.22. The third kappa shape index (κ3) is 2.67. The highest BCUT2D eigenvalue weighted by Crippen LogP contribution is 2.33. The SMILES string of the molecule is c1ccc(Nc2nccn2CCC2CC2)cc1. The van der Waals surface area contributed by atoms with Gasteiger partial charge < -0.3 is 9.88 Å². The molecule has 0 bridgehead atoms. The lowest BCUT2D eigenvalue weighted by molar-refractivity contribution is 0.601. The molecule has 1 aliphatic rings. The number of aromatic nitrogens is 2. The van der Waals surface area contributed by atoms with Crippen LogP contribution in [-0.4, -0.2) is 9.55 Å². The fourth-order valence-corrected chi connectivity index (χ4v) is 1.99. The van der Waals surface area contributed by atoms with Crippen molar-refractivity contribution in [3.8, 4) is 0 Å². The Morgan fingerprint density at radius 2 is 2.06 bits per heavy atom. The molecule has 0 aliphatic heterocycles. The predicted octanol–water partition coefficient (Wildman–Crippen LogP) is 3.43. The smallest absolute Gasteiger partial charge is 0.207 e. The van der Waals surface area contributed by atoms with E-state index in [-0.39, 0.29) is 0 Å². The highest BCUT2D eigenvalue weighted by molar-refractivity contribution is 5.52. The maximum Gasteiger partial charge on any atom is 0.207 e. The Hall–Kier alpha value is -1.77. The molecule has 0 saturated heterocycles. The Morgan fingerprint density at radius 1 is 1.24 bits per heavy atom. The van der Waals surface area contributed by atoms with E-state index in [0.29, 0.717) is 0 Å². The topological polar surface area (TPSA) is 29.9 Å². The van der Waals surface area contributed by atoms with Gasteiger partial charge in [0.25, 0.3) is 0 Å². The van der Waals surface area contributed by atoms with Gasteiger partial charge in [-0.3, -0.25) is 0 Å². The summed E-state index contributed by atoms with van der Waals surface area (Å²) in [6, 6.07) is 10.2. The van der Waals surface area contributed by atoms with Gasteiger partial charge in [0.15, 0.2) is 0 Å². The average Bonchev–Trinajstić information content (AvgIpc) is 3.09. The minimum absolute atomic E-state index is 0.942. The Kier molecular flexibility index (Phi) is 2.82. The van der Waals surface area contributed by atoms with Crippen LogP contribution in [0.15, 0.2) is 42.7 Å². The zero-order valence-electron chi connectivity index (χ0n) is 9.84. The number of anilines is 2. The van der Waals surface area contributed by atoms with E-state index in [2.05, 4.69) is 27.0 Å². The minimum Gasteiger partial charge on any atom is -0.326 e. The number of hydrogen-bond acceptors (Lipinski definition) is 2. The van der Waals surface area contributed by atoms with E-state index < -0.39 is 0 Å². The van der Waals surface area contributed by atoms with Gasteiger partial charge in [-0.1, -0.05) is 31.0 Å². The van der Waals surface area contributed by atoms with Crippen LogP contribution in [0.25, 0.3) is 0 Å². The van der Waals surface area contributed by atoms with E-state index in [0.717, 1.165) is 24.1 Å². The molecule has 1 aromatic heterocycles. The second-order valence-corrected chi connectivity index (χ2v) is 4.67. The van der Waals surface area contributed by atoms with Crippen molar-refractivity contribution in [2.24, 2.45) is 5.92 Å². The summed E-state index contributed by atoms with van der Waals surface area (Å²) in [5.74, 6) is 1.90. The van der Waals surface area contributed by atoms with E-state index in [1.165, 1.54) is 19.3 Å².